The Bertz CT molecular complexity index is 196. The molecule has 0 atom stereocenters. The predicted molar refractivity (Wildman–Crippen MR) is 38.2 cm³/mol. The topological polar surface area (TPSA) is 12.9 Å². The molecule has 1 radical (unpaired) electrons. The fourth-order valence-electron chi connectivity index (χ4n) is 0.725. The lowest BCUT2D eigenvalue weighted by atomic mass is 10.1. The first-order chi connectivity index (χ1) is 4.22. The molecule has 0 amide bonds. The Hall–Kier alpha value is -0.850. The maximum absolute atomic E-state index is 4.08. The highest BCUT2D eigenvalue weighted by Crippen LogP contribution is 2.06. The zero-order chi connectivity index (χ0) is 6.85. The van der Waals surface area contributed by atoms with Crippen molar-refractivity contribution >= 4 is 0 Å². The molecular weight excluding hydrogens is 110 g/mol. The maximum Gasteiger partial charge on any atom is 0.0407 e. The molecule has 0 saturated carbocycles. The van der Waals surface area contributed by atoms with Gasteiger partial charge in [0.05, 0.1) is 0 Å². The molecule has 0 aromatic carbocycles. The van der Waals surface area contributed by atoms with E-state index in [0.29, 0.717) is 0 Å². The lowest BCUT2D eigenvalue weighted by molar-refractivity contribution is 1.15. The van der Waals surface area contributed by atoms with Gasteiger partial charge in [-0.1, -0.05) is 0 Å². The smallest absolute Gasteiger partial charge is 0.0407 e. The van der Waals surface area contributed by atoms with E-state index in [1.54, 1.807) is 6.20 Å². The summed E-state index contributed by atoms with van der Waals surface area (Å²) in [6, 6.07) is 1.97. The molecule has 1 heterocycles. The molecule has 1 heteroatoms. The average Bonchev–Trinajstić information content (AvgIpc) is 1.83. The molecule has 1 nitrogen and oxygen atoms in total. The van der Waals surface area contributed by atoms with E-state index >= 15 is 0 Å². The van der Waals surface area contributed by atoms with E-state index in [1.807, 2.05) is 19.9 Å². The van der Waals surface area contributed by atoms with Crippen LogP contribution in [0.3, 0.4) is 0 Å². The SMILES string of the molecule is [CH2]c1c(C)ccnc1C. The second-order valence-corrected chi connectivity index (χ2v) is 2.19. The number of pyridine rings is 1. The largest absolute Gasteiger partial charge is 0.261 e. The van der Waals surface area contributed by atoms with Crippen molar-refractivity contribution < 1.29 is 0 Å². The fourth-order valence-corrected chi connectivity index (χ4v) is 0.725. The van der Waals surface area contributed by atoms with Crippen LogP contribution in [0.25, 0.3) is 0 Å². The lowest BCUT2D eigenvalue weighted by Crippen LogP contribution is -1.87. The van der Waals surface area contributed by atoms with E-state index in [9.17, 15) is 0 Å². The van der Waals surface area contributed by atoms with E-state index in [1.165, 1.54) is 5.56 Å². The van der Waals surface area contributed by atoms with Gasteiger partial charge >= 0.3 is 0 Å². The molecule has 0 aliphatic carbocycles. The third kappa shape index (κ3) is 1.10. The van der Waals surface area contributed by atoms with Crippen LogP contribution in [0.4, 0.5) is 0 Å². The minimum absolute atomic E-state index is 1.02. The molecular formula is C8H10N. The first-order valence-corrected chi connectivity index (χ1v) is 2.96. The summed E-state index contributed by atoms with van der Waals surface area (Å²) < 4.78 is 0. The van der Waals surface area contributed by atoms with Crippen molar-refractivity contribution in [1.82, 2.24) is 4.98 Å². The fraction of sp³-hybridized carbons (Fsp3) is 0.250. The number of hydrogen-bond donors (Lipinski definition) is 0. The van der Waals surface area contributed by atoms with E-state index in [0.717, 1.165) is 11.3 Å². The van der Waals surface area contributed by atoms with Crippen molar-refractivity contribution in [2.45, 2.75) is 13.8 Å². The summed E-state index contributed by atoms with van der Waals surface area (Å²) in [5.41, 5.74) is 3.29. The first kappa shape index (κ1) is 6.27. The first-order valence-electron chi connectivity index (χ1n) is 2.96. The molecule has 0 aliphatic heterocycles. The Balaban J connectivity index is 3.25. The molecule has 0 saturated heterocycles. The van der Waals surface area contributed by atoms with Crippen LogP contribution in [0.15, 0.2) is 12.3 Å². The van der Waals surface area contributed by atoms with Gasteiger partial charge in [-0.25, -0.2) is 0 Å². The van der Waals surface area contributed by atoms with Gasteiger partial charge in [-0.2, -0.15) is 0 Å². The van der Waals surface area contributed by atoms with Gasteiger partial charge in [-0.3, -0.25) is 4.98 Å². The number of rotatable bonds is 0. The predicted octanol–water partition coefficient (Wildman–Crippen LogP) is 1.88. The monoisotopic (exact) mass is 120 g/mol. The van der Waals surface area contributed by atoms with Crippen molar-refractivity contribution in [3.63, 3.8) is 0 Å². The van der Waals surface area contributed by atoms with Crippen LogP contribution in [0.1, 0.15) is 16.8 Å². The molecule has 1 aromatic heterocycles. The molecule has 47 valence electrons. The van der Waals surface area contributed by atoms with Gasteiger partial charge in [0, 0.05) is 11.9 Å². The summed E-state index contributed by atoms with van der Waals surface area (Å²) in [5.74, 6) is 0. The molecule has 1 aromatic rings. The van der Waals surface area contributed by atoms with Gasteiger partial charge in [-0.15, -0.1) is 0 Å². The summed E-state index contributed by atoms with van der Waals surface area (Å²) in [6.45, 7) is 7.86. The van der Waals surface area contributed by atoms with Crippen molar-refractivity contribution in [3.05, 3.63) is 36.0 Å². The molecule has 0 unspecified atom stereocenters. The molecule has 9 heavy (non-hydrogen) atoms. The zero-order valence-electron chi connectivity index (χ0n) is 5.81. The van der Waals surface area contributed by atoms with Crippen LogP contribution >= 0.6 is 0 Å². The van der Waals surface area contributed by atoms with Gasteiger partial charge in [0.2, 0.25) is 0 Å². The molecule has 0 spiro atoms. The quantitative estimate of drug-likeness (QED) is 0.509. The Morgan fingerprint density at radius 2 is 2.11 bits per heavy atom. The molecule has 0 fully saturated rings. The van der Waals surface area contributed by atoms with Gasteiger partial charge in [0.25, 0.3) is 0 Å². The van der Waals surface area contributed by atoms with Gasteiger partial charge in [-0.05, 0) is 38.0 Å². The van der Waals surface area contributed by atoms with Crippen LogP contribution in [0.5, 0.6) is 0 Å². The highest BCUT2D eigenvalue weighted by atomic mass is 14.7. The summed E-state index contributed by atoms with van der Waals surface area (Å²) in [5, 5.41) is 0. The second kappa shape index (κ2) is 2.18. The van der Waals surface area contributed by atoms with Crippen LogP contribution in [0, 0.1) is 20.8 Å². The zero-order valence-corrected chi connectivity index (χ0v) is 5.81. The molecule has 0 aliphatic rings. The Kier molecular flexibility index (Phi) is 1.52. The second-order valence-electron chi connectivity index (χ2n) is 2.19. The summed E-state index contributed by atoms with van der Waals surface area (Å²) in [6.07, 6.45) is 1.80. The normalized spacial score (nSPS) is 9.67. The van der Waals surface area contributed by atoms with E-state index < -0.39 is 0 Å². The number of aryl methyl sites for hydroxylation is 2. The maximum atomic E-state index is 4.08. The Morgan fingerprint density at radius 1 is 1.44 bits per heavy atom. The van der Waals surface area contributed by atoms with E-state index in [2.05, 4.69) is 11.9 Å². The van der Waals surface area contributed by atoms with Crippen LogP contribution < -0.4 is 0 Å². The average molecular weight is 120 g/mol. The summed E-state index contributed by atoms with van der Waals surface area (Å²) >= 11 is 0. The van der Waals surface area contributed by atoms with Crippen LogP contribution in [-0.4, -0.2) is 4.98 Å². The third-order valence-corrected chi connectivity index (χ3v) is 1.51. The third-order valence-electron chi connectivity index (χ3n) is 1.51. The van der Waals surface area contributed by atoms with Crippen LogP contribution in [0.2, 0.25) is 0 Å². The highest BCUT2D eigenvalue weighted by molar-refractivity contribution is 5.30. The van der Waals surface area contributed by atoms with E-state index in [-0.39, 0.29) is 0 Å². The number of nitrogens with zero attached hydrogens (tertiary/aromatic N) is 1. The van der Waals surface area contributed by atoms with Gasteiger partial charge < -0.3 is 0 Å². The van der Waals surface area contributed by atoms with Crippen molar-refractivity contribution in [1.29, 1.82) is 0 Å². The standard InChI is InChI=1S/C8H10N/c1-6-4-5-9-8(3)7(6)2/h4-5H,2H2,1,3H3. The van der Waals surface area contributed by atoms with Gasteiger partial charge in [0.15, 0.2) is 0 Å². The van der Waals surface area contributed by atoms with Crippen molar-refractivity contribution in [3.8, 4) is 0 Å². The Morgan fingerprint density at radius 3 is 2.56 bits per heavy atom. The van der Waals surface area contributed by atoms with Gasteiger partial charge in [0.1, 0.15) is 0 Å². The number of aromatic nitrogens is 1. The molecule has 0 N–H and O–H groups in total. The summed E-state index contributed by atoms with van der Waals surface area (Å²) in [4.78, 5) is 4.08. The van der Waals surface area contributed by atoms with Crippen LogP contribution in [-0.2, 0) is 0 Å². The molecule has 0 bridgehead atoms. The summed E-state index contributed by atoms with van der Waals surface area (Å²) in [7, 11) is 0. The minimum Gasteiger partial charge on any atom is -0.261 e. The lowest BCUT2D eigenvalue weighted by Gasteiger charge is -1.99. The molecule has 1 rings (SSSR count). The van der Waals surface area contributed by atoms with Crippen molar-refractivity contribution in [2.24, 2.45) is 0 Å². The highest BCUT2D eigenvalue weighted by Gasteiger charge is 1.93. The number of hydrogen-bond acceptors (Lipinski definition) is 1. The Labute approximate surface area is 55.7 Å². The van der Waals surface area contributed by atoms with Crippen molar-refractivity contribution in [2.75, 3.05) is 0 Å². The minimum atomic E-state index is 1.02. The van der Waals surface area contributed by atoms with E-state index in [4.69, 9.17) is 0 Å².